The lowest BCUT2D eigenvalue weighted by atomic mass is 10.5. The Morgan fingerprint density at radius 3 is 2.46 bits per heavy atom. The molecule has 0 aromatic heterocycles. The molecule has 1 atom stereocenters. The highest BCUT2D eigenvalue weighted by atomic mass is 32.2. The second kappa shape index (κ2) is 5.12. The van der Waals surface area contributed by atoms with E-state index in [1.54, 1.807) is 6.07 Å². The average Bonchev–Trinajstić information content (AvgIpc) is 2.01. The van der Waals surface area contributed by atoms with Gasteiger partial charge in [-0.15, -0.1) is 0 Å². The zero-order valence-electron chi connectivity index (χ0n) is 7.22. The van der Waals surface area contributed by atoms with Crippen molar-refractivity contribution in [1.29, 1.82) is 5.26 Å². The van der Waals surface area contributed by atoms with E-state index in [-0.39, 0.29) is 11.5 Å². The average molecular weight is 210 g/mol. The molecule has 0 aromatic carbocycles. The van der Waals surface area contributed by atoms with Crippen LogP contribution in [0.1, 0.15) is 13.3 Å². The highest BCUT2D eigenvalue weighted by Gasteiger charge is 2.37. The molecule has 74 valence electrons. The Hall–Kier alpha value is -0.700. The largest absolute Gasteiger partial charge is 0.400 e. The van der Waals surface area contributed by atoms with E-state index < -0.39 is 11.4 Å². The van der Waals surface area contributed by atoms with Gasteiger partial charge < -0.3 is 0 Å². The van der Waals surface area contributed by atoms with Gasteiger partial charge >= 0.3 is 6.18 Å². The Morgan fingerprint density at radius 1 is 1.62 bits per heavy atom. The number of hydrogen-bond donors (Lipinski definition) is 0. The lowest BCUT2D eigenvalue weighted by Gasteiger charge is -2.14. The van der Waals surface area contributed by atoms with E-state index in [1.165, 1.54) is 7.05 Å². The Labute approximate surface area is 78.8 Å². The van der Waals surface area contributed by atoms with Crippen LogP contribution in [0.4, 0.5) is 13.2 Å². The third-order valence-electron chi connectivity index (χ3n) is 1.25. The van der Waals surface area contributed by atoms with E-state index in [4.69, 9.17) is 5.26 Å². The molecule has 0 aliphatic heterocycles. The van der Waals surface area contributed by atoms with Crippen LogP contribution < -0.4 is 0 Å². The van der Waals surface area contributed by atoms with E-state index in [1.807, 2.05) is 0 Å². The molecule has 0 aliphatic rings. The minimum absolute atomic E-state index is 0.0679. The van der Waals surface area contributed by atoms with Crippen molar-refractivity contribution in [1.82, 2.24) is 0 Å². The maximum Gasteiger partial charge on any atom is 0.400 e. The zero-order valence-corrected chi connectivity index (χ0v) is 8.04. The number of thioether (sulfide) groups is 1. The van der Waals surface area contributed by atoms with Crippen molar-refractivity contribution >= 4 is 16.8 Å². The molecule has 0 aliphatic carbocycles. The fourth-order valence-corrected chi connectivity index (χ4v) is 1.31. The first-order valence-corrected chi connectivity index (χ1v) is 4.35. The lowest BCUT2D eigenvalue weighted by Crippen LogP contribution is -2.23. The molecule has 0 spiro atoms. The van der Waals surface area contributed by atoms with Crippen LogP contribution in [0.25, 0.3) is 0 Å². The van der Waals surface area contributed by atoms with Gasteiger partial charge in [-0.1, -0.05) is 11.8 Å². The van der Waals surface area contributed by atoms with Crippen LogP contribution in [0.2, 0.25) is 0 Å². The first-order chi connectivity index (χ1) is 5.91. The number of nitrogens with zero attached hydrogens (tertiary/aromatic N) is 2. The smallest absolute Gasteiger partial charge is 0.285 e. The summed E-state index contributed by atoms with van der Waals surface area (Å²) in [7, 11) is 1.38. The number of alkyl halides is 3. The molecule has 0 N–H and O–H groups in total. The first-order valence-electron chi connectivity index (χ1n) is 3.47. The fourth-order valence-electron chi connectivity index (χ4n) is 0.512. The molecule has 6 heteroatoms. The van der Waals surface area contributed by atoms with Gasteiger partial charge in [-0.3, -0.25) is 4.99 Å². The number of aliphatic imine (C=N–C) groups is 1. The molecule has 0 heterocycles. The summed E-state index contributed by atoms with van der Waals surface area (Å²) in [6, 6.07) is 1.76. The lowest BCUT2D eigenvalue weighted by molar-refractivity contribution is -0.125. The summed E-state index contributed by atoms with van der Waals surface area (Å²) in [5.74, 6) is 0. The van der Waals surface area contributed by atoms with E-state index >= 15 is 0 Å². The van der Waals surface area contributed by atoms with Crippen molar-refractivity contribution in [3.63, 3.8) is 0 Å². The molecule has 0 rings (SSSR count). The number of nitriles is 1. The number of halogens is 3. The molecular formula is C7H9F3N2S. The summed E-state index contributed by atoms with van der Waals surface area (Å²) in [5.41, 5.74) is 0. The molecular weight excluding hydrogens is 201 g/mol. The number of rotatable bonds is 2. The van der Waals surface area contributed by atoms with Gasteiger partial charge in [-0.05, 0) is 6.92 Å². The Balaban J connectivity index is 4.20. The van der Waals surface area contributed by atoms with Gasteiger partial charge in [0, 0.05) is 7.05 Å². The maximum absolute atomic E-state index is 12.0. The fraction of sp³-hybridized carbons (Fsp3) is 0.714. The monoisotopic (exact) mass is 210 g/mol. The predicted octanol–water partition coefficient (Wildman–Crippen LogP) is 2.61. The molecule has 2 nitrogen and oxygen atoms in total. The zero-order chi connectivity index (χ0) is 10.5. The van der Waals surface area contributed by atoms with Crippen LogP contribution in [-0.2, 0) is 0 Å². The second-order valence-electron chi connectivity index (χ2n) is 2.25. The van der Waals surface area contributed by atoms with Crippen LogP contribution in [-0.4, -0.2) is 23.5 Å². The van der Waals surface area contributed by atoms with Crippen LogP contribution in [0, 0.1) is 11.3 Å². The molecule has 13 heavy (non-hydrogen) atoms. The van der Waals surface area contributed by atoms with Gasteiger partial charge in [0.1, 0.15) is 5.25 Å². The summed E-state index contributed by atoms with van der Waals surface area (Å²) in [5, 5.41) is 6.96. The van der Waals surface area contributed by atoms with Crippen LogP contribution in [0.3, 0.4) is 0 Å². The maximum atomic E-state index is 12.0. The molecule has 0 saturated heterocycles. The molecule has 0 aromatic rings. The van der Waals surface area contributed by atoms with Crippen molar-refractivity contribution in [2.24, 2.45) is 4.99 Å². The van der Waals surface area contributed by atoms with Crippen molar-refractivity contribution in [2.75, 3.05) is 7.05 Å². The SMILES string of the molecule is CN=C(CC#N)SC(C)C(F)(F)F. The summed E-state index contributed by atoms with van der Waals surface area (Å²) in [4.78, 5) is 3.59. The summed E-state index contributed by atoms with van der Waals surface area (Å²) in [6.07, 6.45) is -4.31. The molecule has 0 amide bonds. The quantitative estimate of drug-likeness (QED) is 0.519. The van der Waals surface area contributed by atoms with E-state index in [2.05, 4.69) is 4.99 Å². The van der Waals surface area contributed by atoms with E-state index in [0.717, 1.165) is 6.92 Å². The predicted molar refractivity (Wildman–Crippen MR) is 46.7 cm³/mol. The second-order valence-corrected chi connectivity index (χ2v) is 3.67. The summed E-state index contributed by atoms with van der Waals surface area (Å²) in [6.45, 7) is 1.05. The van der Waals surface area contributed by atoms with Crippen LogP contribution in [0.15, 0.2) is 4.99 Å². The minimum atomic E-state index is -4.24. The topological polar surface area (TPSA) is 36.1 Å². The molecule has 0 fully saturated rings. The van der Waals surface area contributed by atoms with Crippen molar-refractivity contribution in [2.45, 2.75) is 24.8 Å². The van der Waals surface area contributed by atoms with Crippen molar-refractivity contribution < 1.29 is 13.2 Å². The van der Waals surface area contributed by atoms with Crippen LogP contribution >= 0.6 is 11.8 Å². The summed E-state index contributed by atoms with van der Waals surface area (Å²) >= 11 is 0.579. The highest BCUT2D eigenvalue weighted by Crippen LogP contribution is 2.31. The molecule has 0 saturated carbocycles. The van der Waals surface area contributed by atoms with Gasteiger partial charge in [0.25, 0.3) is 0 Å². The Bertz CT molecular complexity index is 229. The third kappa shape index (κ3) is 4.78. The normalized spacial score (nSPS) is 15.2. The van der Waals surface area contributed by atoms with Gasteiger partial charge in [0.15, 0.2) is 0 Å². The molecule has 1 unspecified atom stereocenters. The Morgan fingerprint density at radius 2 is 2.15 bits per heavy atom. The number of hydrogen-bond acceptors (Lipinski definition) is 3. The molecule has 0 radical (unpaired) electrons. The first kappa shape index (κ1) is 12.3. The standard InChI is InChI=1S/C7H9F3N2S/c1-5(7(8,9)10)13-6(12-2)3-4-11/h5H,3H2,1-2H3. The highest BCUT2D eigenvalue weighted by molar-refractivity contribution is 8.14. The van der Waals surface area contributed by atoms with Crippen LogP contribution in [0.5, 0.6) is 0 Å². The van der Waals surface area contributed by atoms with Gasteiger partial charge in [-0.2, -0.15) is 18.4 Å². The Kier molecular flexibility index (Phi) is 4.85. The van der Waals surface area contributed by atoms with Gasteiger partial charge in [-0.25, -0.2) is 0 Å². The summed E-state index contributed by atoms with van der Waals surface area (Å²) < 4.78 is 36.1. The third-order valence-corrected chi connectivity index (χ3v) is 2.47. The van der Waals surface area contributed by atoms with Crippen molar-refractivity contribution in [3.05, 3.63) is 0 Å². The van der Waals surface area contributed by atoms with E-state index in [0.29, 0.717) is 11.8 Å². The molecule has 0 bridgehead atoms. The van der Waals surface area contributed by atoms with E-state index in [9.17, 15) is 13.2 Å². The van der Waals surface area contributed by atoms with Gasteiger partial charge in [0.2, 0.25) is 0 Å². The van der Waals surface area contributed by atoms with Crippen molar-refractivity contribution in [3.8, 4) is 6.07 Å². The minimum Gasteiger partial charge on any atom is -0.285 e. The van der Waals surface area contributed by atoms with Gasteiger partial charge in [0.05, 0.1) is 17.5 Å².